The van der Waals surface area contributed by atoms with Crippen molar-refractivity contribution < 1.29 is 9.90 Å². The third kappa shape index (κ3) is 4.70. The summed E-state index contributed by atoms with van der Waals surface area (Å²) in [5, 5.41) is 14.6. The van der Waals surface area contributed by atoms with Gasteiger partial charge in [-0.1, -0.05) is 43.5 Å². The van der Waals surface area contributed by atoms with E-state index in [-0.39, 0.29) is 12.6 Å². The molecule has 1 aliphatic rings. The molecule has 0 saturated heterocycles. The number of rotatable bonds is 4. The molecule has 0 bridgehead atoms. The Balaban J connectivity index is 1.88. The van der Waals surface area contributed by atoms with Gasteiger partial charge in [0.1, 0.15) is 0 Å². The van der Waals surface area contributed by atoms with Crippen LogP contribution in [0.25, 0.3) is 6.08 Å². The minimum Gasteiger partial charge on any atom is -0.392 e. The van der Waals surface area contributed by atoms with E-state index < -0.39 is 0 Å². The first kappa shape index (κ1) is 14.6. The Labute approximate surface area is 119 Å². The van der Waals surface area contributed by atoms with Crippen LogP contribution < -0.4 is 10.6 Å². The van der Waals surface area contributed by atoms with E-state index in [0.717, 1.165) is 24.1 Å². The summed E-state index contributed by atoms with van der Waals surface area (Å²) in [5.74, 6) is 0. The van der Waals surface area contributed by atoms with Gasteiger partial charge in [-0.15, -0.1) is 0 Å². The number of urea groups is 1. The quantitative estimate of drug-likeness (QED) is 0.790. The van der Waals surface area contributed by atoms with E-state index in [9.17, 15) is 4.79 Å². The predicted octanol–water partition coefficient (Wildman–Crippen LogP) is 3.15. The number of aliphatic hydroxyl groups is 1. The molecule has 108 valence electrons. The van der Waals surface area contributed by atoms with Crippen LogP contribution in [0.5, 0.6) is 0 Å². The van der Waals surface area contributed by atoms with E-state index in [2.05, 4.69) is 10.6 Å². The molecular weight excluding hydrogens is 252 g/mol. The van der Waals surface area contributed by atoms with Crippen LogP contribution in [0.3, 0.4) is 0 Å². The van der Waals surface area contributed by atoms with Crippen LogP contribution in [0.15, 0.2) is 30.3 Å². The van der Waals surface area contributed by atoms with Gasteiger partial charge in [0.2, 0.25) is 0 Å². The Morgan fingerprint density at radius 3 is 2.85 bits per heavy atom. The van der Waals surface area contributed by atoms with Crippen molar-refractivity contribution >= 4 is 17.8 Å². The molecule has 4 heteroatoms. The minimum atomic E-state index is -0.139. The number of hydrogen-bond donors (Lipinski definition) is 3. The number of carbonyl (C=O) groups is 1. The van der Waals surface area contributed by atoms with Crippen LogP contribution in [-0.2, 0) is 0 Å². The fourth-order valence-electron chi connectivity index (χ4n) is 2.51. The molecule has 0 aromatic heterocycles. The molecule has 20 heavy (non-hydrogen) atoms. The van der Waals surface area contributed by atoms with E-state index in [1.807, 2.05) is 30.3 Å². The van der Waals surface area contributed by atoms with E-state index in [1.54, 1.807) is 6.08 Å². The van der Waals surface area contributed by atoms with E-state index >= 15 is 0 Å². The van der Waals surface area contributed by atoms with Crippen molar-refractivity contribution in [3.63, 3.8) is 0 Å². The van der Waals surface area contributed by atoms with Gasteiger partial charge in [0.25, 0.3) is 0 Å². The highest BCUT2D eigenvalue weighted by atomic mass is 16.2. The fourth-order valence-corrected chi connectivity index (χ4v) is 2.51. The lowest BCUT2D eigenvalue weighted by atomic mass is 9.96. The topological polar surface area (TPSA) is 61.4 Å². The zero-order chi connectivity index (χ0) is 14.2. The molecule has 1 saturated carbocycles. The maximum Gasteiger partial charge on any atom is 0.319 e. The highest BCUT2D eigenvalue weighted by molar-refractivity contribution is 5.89. The number of nitrogens with one attached hydrogen (secondary N) is 2. The van der Waals surface area contributed by atoms with Gasteiger partial charge in [-0.3, -0.25) is 0 Å². The summed E-state index contributed by atoms with van der Waals surface area (Å²) in [4.78, 5) is 11.9. The van der Waals surface area contributed by atoms with Crippen molar-refractivity contribution in [3.8, 4) is 0 Å². The summed E-state index contributed by atoms with van der Waals surface area (Å²) in [6.45, 7) is 0.0137. The molecule has 0 atom stereocenters. The smallest absolute Gasteiger partial charge is 0.319 e. The molecule has 3 N–H and O–H groups in total. The molecule has 0 heterocycles. The monoisotopic (exact) mass is 274 g/mol. The molecule has 2 rings (SSSR count). The third-order valence-electron chi connectivity index (χ3n) is 3.50. The van der Waals surface area contributed by atoms with Crippen LogP contribution in [0.1, 0.15) is 37.7 Å². The zero-order valence-corrected chi connectivity index (χ0v) is 11.6. The summed E-state index contributed by atoms with van der Waals surface area (Å²) in [7, 11) is 0. The highest BCUT2D eigenvalue weighted by Crippen LogP contribution is 2.18. The van der Waals surface area contributed by atoms with E-state index in [1.165, 1.54) is 19.3 Å². The number of carbonyl (C=O) groups excluding carboxylic acids is 1. The summed E-state index contributed by atoms with van der Waals surface area (Å²) in [6.07, 6.45) is 9.32. The SMILES string of the molecule is O=C(Nc1cccc(C=CCO)c1)NC1CCCCC1. The molecule has 0 aliphatic heterocycles. The Hall–Kier alpha value is -1.81. The second-order valence-electron chi connectivity index (χ2n) is 5.14. The number of aliphatic hydroxyl groups excluding tert-OH is 1. The van der Waals surface area contributed by atoms with Crippen molar-refractivity contribution in [2.75, 3.05) is 11.9 Å². The van der Waals surface area contributed by atoms with Gasteiger partial charge < -0.3 is 15.7 Å². The maximum absolute atomic E-state index is 11.9. The number of hydrogen-bond acceptors (Lipinski definition) is 2. The second-order valence-corrected chi connectivity index (χ2v) is 5.14. The number of amides is 2. The highest BCUT2D eigenvalue weighted by Gasteiger charge is 2.15. The second kappa shape index (κ2) is 7.70. The van der Waals surface area contributed by atoms with Gasteiger partial charge in [-0.05, 0) is 30.5 Å². The Kier molecular flexibility index (Phi) is 5.62. The van der Waals surface area contributed by atoms with Gasteiger partial charge in [0, 0.05) is 11.7 Å². The molecular formula is C16H22N2O2. The first-order valence-corrected chi connectivity index (χ1v) is 7.23. The fraction of sp³-hybridized carbons (Fsp3) is 0.438. The molecule has 1 aliphatic carbocycles. The lowest BCUT2D eigenvalue weighted by Crippen LogP contribution is -2.39. The van der Waals surface area contributed by atoms with Crippen LogP contribution >= 0.6 is 0 Å². The van der Waals surface area contributed by atoms with E-state index in [0.29, 0.717) is 6.04 Å². The van der Waals surface area contributed by atoms with Crippen molar-refractivity contribution in [2.24, 2.45) is 0 Å². The first-order chi connectivity index (χ1) is 9.78. The normalized spacial score (nSPS) is 16.2. The molecule has 0 spiro atoms. The van der Waals surface area contributed by atoms with Crippen LogP contribution in [0.4, 0.5) is 10.5 Å². The van der Waals surface area contributed by atoms with Gasteiger partial charge >= 0.3 is 6.03 Å². The summed E-state index contributed by atoms with van der Waals surface area (Å²) < 4.78 is 0. The Morgan fingerprint density at radius 2 is 2.10 bits per heavy atom. The zero-order valence-electron chi connectivity index (χ0n) is 11.6. The van der Waals surface area contributed by atoms with E-state index in [4.69, 9.17) is 5.11 Å². The lowest BCUT2D eigenvalue weighted by molar-refractivity contribution is 0.244. The average molecular weight is 274 g/mol. The maximum atomic E-state index is 11.9. The van der Waals surface area contributed by atoms with Crippen LogP contribution in [0, 0.1) is 0 Å². The molecule has 0 unspecified atom stereocenters. The minimum absolute atomic E-state index is 0.0137. The number of benzene rings is 1. The van der Waals surface area contributed by atoms with Crippen LogP contribution in [0.2, 0.25) is 0 Å². The Morgan fingerprint density at radius 1 is 1.30 bits per heavy atom. The van der Waals surface area contributed by atoms with Crippen LogP contribution in [-0.4, -0.2) is 23.8 Å². The summed E-state index contributed by atoms with van der Waals surface area (Å²) >= 11 is 0. The predicted molar refractivity (Wildman–Crippen MR) is 81.6 cm³/mol. The van der Waals surface area contributed by atoms with Crippen molar-refractivity contribution in [1.82, 2.24) is 5.32 Å². The molecule has 4 nitrogen and oxygen atoms in total. The average Bonchev–Trinajstić information content (AvgIpc) is 2.46. The molecule has 0 radical (unpaired) electrons. The number of anilines is 1. The van der Waals surface area contributed by atoms with Crippen molar-refractivity contribution in [1.29, 1.82) is 0 Å². The molecule has 1 aromatic rings. The van der Waals surface area contributed by atoms with Crippen molar-refractivity contribution in [3.05, 3.63) is 35.9 Å². The lowest BCUT2D eigenvalue weighted by Gasteiger charge is -2.22. The van der Waals surface area contributed by atoms with Crippen molar-refractivity contribution in [2.45, 2.75) is 38.1 Å². The molecule has 2 amide bonds. The molecule has 1 fully saturated rings. The van der Waals surface area contributed by atoms with Gasteiger partial charge in [0.05, 0.1) is 6.61 Å². The summed E-state index contributed by atoms with van der Waals surface area (Å²) in [5.41, 5.74) is 1.72. The summed E-state index contributed by atoms with van der Waals surface area (Å²) in [6, 6.07) is 7.72. The molecule has 1 aromatic carbocycles. The van der Waals surface area contributed by atoms with Gasteiger partial charge in [-0.25, -0.2) is 4.79 Å². The standard InChI is InChI=1S/C16H22N2O2/c19-11-5-7-13-6-4-10-15(12-13)18-16(20)17-14-8-2-1-3-9-14/h4-7,10,12,14,19H,1-3,8-9,11H2,(H2,17,18,20). The first-order valence-electron chi connectivity index (χ1n) is 7.23. The van der Waals surface area contributed by atoms with Gasteiger partial charge in [0.15, 0.2) is 0 Å². The Bertz CT molecular complexity index is 465. The largest absolute Gasteiger partial charge is 0.392 e. The van der Waals surface area contributed by atoms with Gasteiger partial charge in [-0.2, -0.15) is 0 Å². The third-order valence-corrected chi connectivity index (χ3v) is 3.50.